The monoisotopic (exact) mass is 315 g/mol. The van der Waals surface area contributed by atoms with Crippen molar-refractivity contribution in [1.29, 1.82) is 0 Å². The van der Waals surface area contributed by atoms with E-state index in [0.717, 1.165) is 22.4 Å². The number of anilines is 1. The van der Waals surface area contributed by atoms with Crippen molar-refractivity contribution in [2.45, 2.75) is 6.54 Å². The van der Waals surface area contributed by atoms with Gasteiger partial charge in [0.1, 0.15) is 0 Å². The van der Waals surface area contributed by atoms with Gasteiger partial charge in [-0.15, -0.1) is 0 Å². The van der Waals surface area contributed by atoms with Crippen molar-refractivity contribution in [3.05, 3.63) is 58.8 Å². The van der Waals surface area contributed by atoms with Gasteiger partial charge in [0.2, 0.25) is 0 Å². The summed E-state index contributed by atoms with van der Waals surface area (Å²) in [6, 6.07) is 14.7. The Morgan fingerprint density at radius 3 is 2.68 bits per heavy atom. The Morgan fingerprint density at radius 1 is 1.11 bits per heavy atom. The second-order valence-corrected chi connectivity index (χ2v) is 5.46. The fraction of sp³-hybridized carbons (Fsp3) is 0.133. The van der Waals surface area contributed by atoms with E-state index >= 15 is 0 Å². The van der Waals surface area contributed by atoms with E-state index < -0.39 is 0 Å². The Hall–Kier alpha value is -1.81. The zero-order chi connectivity index (χ0) is 13.2. The van der Waals surface area contributed by atoms with Crippen LogP contribution in [-0.2, 0) is 13.6 Å². The molecule has 0 atom stereocenters. The van der Waals surface area contributed by atoms with E-state index in [9.17, 15) is 0 Å². The lowest BCUT2D eigenvalue weighted by Gasteiger charge is -2.06. The van der Waals surface area contributed by atoms with E-state index in [1.807, 2.05) is 24.0 Å². The first kappa shape index (κ1) is 12.2. The third-order valence-corrected chi connectivity index (χ3v) is 3.54. The normalized spacial score (nSPS) is 10.8. The highest BCUT2D eigenvalue weighted by molar-refractivity contribution is 9.10. The summed E-state index contributed by atoms with van der Waals surface area (Å²) in [6.45, 7) is 0.739. The summed E-state index contributed by atoms with van der Waals surface area (Å²) in [5, 5.41) is 10.2. The molecule has 0 unspecified atom stereocenters. The number of hydrogen-bond acceptors (Lipinski definition) is 2. The van der Waals surface area contributed by atoms with Gasteiger partial charge in [0, 0.05) is 23.4 Å². The predicted molar refractivity (Wildman–Crippen MR) is 82.2 cm³/mol. The van der Waals surface area contributed by atoms with Crippen molar-refractivity contribution in [3.63, 3.8) is 0 Å². The molecule has 96 valence electrons. The molecule has 1 aromatic heterocycles. The van der Waals surface area contributed by atoms with Crippen LogP contribution in [-0.4, -0.2) is 9.78 Å². The number of aromatic nitrogens is 2. The van der Waals surface area contributed by atoms with Crippen molar-refractivity contribution in [3.8, 4) is 0 Å². The Kier molecular flexibility index (Phi) is 3.25. The maximum Gasteiger partial charge on any atom is 0.0815 e. The second-order valence-electron chi connectivity index (χ2n) is 4.54. The van der Waals surface area contributed by atoms with Crippen LogP contribution >= 0.6 is 15.9 Å². The van der Waals surface area contributed by atoms with Crippen LogP contribution in [0, 0.1) is 0 Å². The van der Waals surface area contributed by atoms with E-state index in [4.69, 9.17) is 0 Å². The van der Waals surface area contributed by atoms with Gasteiger partial charge in [-0.05, 0) is 41.1 Å². The molecule has 0 amide bonds. The van der Waals surface area contributed by atoms with Gasteiger partial charge in [0.15, 0.2) is 0 Å². The lowest BCUT2D eigenvalue weighted by molar-refractivity contribution is 0.747. The van der Waals surface area contributed by atoms with Gasteiger partial charge in [-0.1, -0.05) is 28.1 Å². The van der Waals surface area contributed by atoms with Crippen molar-refractivity contribution in [1.82, 2.24) is 9.78 Å². The zero-order valence-corrected chi connectivity index (χ0v) is 12.2. The van der Waals surface area contributed by atoms with Crippen LogP contribution in [0.5, 0.6) is 0 Å². The molecule has 0 aliphatic carbocycles. The molecule has 0 aliphatic heterocycles. The molecule has 3 rings (SSSR count). The fourth-order valence-electron chi connectivity index (χ4n) is 2.08. The van der Waals surface area contributed by atoms with E-state index in [1.165, 1.54) is 10.8 Å². The number of aryl methyl sites for hydroxylation is 1. The Bertz CT molecular complexity index is 718. The minimum absolute atomic E-state index is 0.739. The van der Waals surface area contributed by atoms with Crippen molar-refractivity contribution in [2.24, 2.45) is 7.05 Å². The molecule has 19 heavy (non-hydrogen) atoms. The standard InChI is InChI=1S/C15H14BrN3/c1-19-7-6-15(18-19)10-17-14-5-3-11-8-13(16)4-2-12(11)9-14/h2-9,17H,10H2,1H3. The third kappa shape index (κ3) is 2.79. The largest absolute Gasteiger partial charge is 0.379 e. The van der Waals surface area contributed by atoms with Gasteiger partial charge in [-0.2, -0.15) is 5.10 Å². The van der Waals surface area contributed by atoms with Crippen LogP contribution in [0.1, 0.15) is 5.69 Å². The molecule has 0 radical (unpaired) electrons. The summed E-state index contributed by atoms with van der Waals surface area (Å²) in [4.78, 5) is 0. The van der Waals surface area contributed by atoms with E-state index in [0.29, 0.717) is 0 Å². The summed E-state index contributed by atoms with van der Waals surface area (Å²) >= 11 is 3.49. The Labute approximate surface area is 120 Å². The SMILES string of the molecule is Cn1ccc(CNc2ccc3cc(Br)ccc3c2)n1. The first-order valence-electron chi connectivity index (χ1n) is 6.12. The van der Waals surface area contributed by atoms with E-state index in [-0.39, 0.29) is 0 Å². The summed E-state index contributed by atoms with van der Waals surface area (Å²) < 4.78 is 2.92. The van der Waals surface area contributed by atoms with Crippen molar-refractivity contribution >= 4 is 32.4 Å². The van der Waals surface area contributed by atoms with Crippen LogP contribution in [0.3, 0.4) is 0 Å². The average Bonchev–Trinajstić information content (AvgIpc) is 2.82. The molecule has 3 nitrogen and oxygen atoms in total. The summed E-state index contributed by atoms with van der Waals surface area (Å²) in [6.07, 6.45) is 1.95. The van der Waals surface area contributed by atoms with Gasteiger partial charge in [-0.25, -0.2) is 0 Å². The van der Waals surface area contributed by atoms with Gasteiger partial charge in [0.25, 0.3) is 0 Å². The number of fused-ring (bicyclic) bond motifs is 1. The maximum atomic E-state index is 4.35. The van der Waals surface area contributed by atoms with Crippen LogP contribution in [0.2, 0.25) is 0 Å². The number of benzene rings is 2. The smallest absolute Gasteiger partial charge is 0.0815 e. The molecule has 0 aliphatic rings. The highest BCUT2D eigenvalue weighted by Crippen LogP contribution is 2.23. The molecular weight excluding hydrogens is 302 g/mol. The van der Waals surface area contributed by atoms with Crippen molar-refractivity contribution in [2.75, 3.05) is 5.32 Å². The van der Waals surface area contributed by atoms with Crippen LogP contribution in [0.15, 0.2) is 53.1 Å². The maximum absolute atomic E-state index is 4.35. The second kappa shape index (κ2) is 5.05. The average molecular weight is 316 g/mol. The predicted octanol–water partition coefficient (Wildman–Crippen LogP) is 3.95. The number of rotatable bonds is 3. The van der Waals surface area contributed by atoms with E-state index in [2.05, 4.69) is 62.7 Å². The molecule has 0 saturated carbocycles. The number of halogens is 1. The molecule has 2 aromatic carbocycles. The fourth-order valence-corrected chi connectivity index (χ4v) is 2.46. The lowest BCUT2D eigenvalue weighted by Crippen LogP contribution is -2.00. The minimum Gasteiger partial charge on any atom is -0.379 e. The molecule has 0 saturated heterocycles. The van der Waals surface area contributed by atoms with Gasteiger partial charge in [-0.3, -0.25) is 4.68 Å². The van der Waals surface area contributed by atoms with Gasteiger partial charge >= 0.3 is 0 Å². The molecule has 0 spiro atoms. The quantitative estimate of drug-likeness (QED) is 0.793. The minimum atomic E-state index is 0.739. The first-order valence-corrected chi connectivity index (χ1v) is 6.92. The van der Waals surface area contributed by atoms with Gasteiger partial charge in [0.05, 0.1) is 12.2 Å². The van der Waals surface area contributed by atoms with Crippen molar-refractivity contribution < 1.29 is 0 Å². The number of nitrogens with one attached hydrogen (secondary N) is 1. The van der Waals surface area contributed by atoms with Crippen LogP contribution < -0.4 is 5.32 Å². The third-order valence-electron chi connectivity index (χ3n) is 3.04. The number of hydrogen-bond donors (Lipinski definition) is 1. The Morgan fingerprint density at radius 2 is 1.89 bits per heavy atom. The molecule has 1 heterocycles. The first-order chi connectivity index (χ1) is 9.20. The van der Waals surface area contributed by atoms with Crippen LogP contribution in [0.25, 0.3) is 10.8 Å². The molecular formula is C15H14BrN3. The Balaban J connectivity index is 1.79. The zero-order valence-electron chi connectivity index (χ0n) is 10.6. The van der Waals surface area contributed by atoms with Crippen LogP contribution in [0.4, 0.5) is 5.69 Å². The van der Waals surface area contributed by atoms with Gasteiger partial charge < -0.3 is 5.32 Å². The topological polar surface area (TPSA) is 29.9 Å². The number of nitrogens with zero attached hydrogens (tertiary/aromatic N) is 2. The summed E-state index contributed by atoms with van der Waals surface area (Å²) in [5.41, 5.74) is 2.15. The molecule has 0 fully saturated rings. The molecule has 3 aromatic rings. The lowest BCUT2D eigenvalue weighted by atomic mass is 10.1. The van der Waals surface area contributed by atoms with E-state index in [1.54, 1.807) is 0 Å². The summed E-state index contributed by atoms with van der Waals surface area (Å²) in [7, 11) is 1.93. The highest BCUT2D eigenvalue weighted by Gasteiger charge is 1.99. The summed E-state index contributed by atoms with van der Waals surface area (Å²) in [5.74, 6) is 0. The molecule has 1 N–H and O–H groups in total. The highest BCUT2D eigenvalue weighted by atomic mass is 79.9. The molecule has 4 heteroatoms. The molecule has 0 bridgehead atoms.